The molecule has 0 saturated carbocycles. The summed E-state index contributed by atoms with van der Waals surface area (Å²) < 4.78 is 11.9. The Morgan fingerprint density at radius 2 is 1.88 bits per heavy atom. The first-order valence-corrected chi connectivity index (χ1v) is 10.8. The van der Waals surface area contributed by atoms with Crippen LogP contribution in [0.4, 0.5) is 0 Å². The third kappa shape index (κ3) is 3.75. The smallest absolute Gasteiger partial charge is 0.327 e. The second kappa shape index (κ2) is 8.88. The van der Waals surface area contributed by atoms with Crippen molar-refractivity contribution >= 4 is 45.5 Å². The number of Topliss-reactive ketones (excluding diaryl/α,β-unsaturated/α-hetero) is 1. The Morgan fingerprint density at radius 3 is 2.59 bits per heavy atom. The van der Waals surface area contributed by atoms with Gasteiger partial charge in [-0.25, -0.2) is 9.55 Å². The molecule has 1 N–H and O–H groups in total. The monoisotopic (exact) mass is 451 g/mol. The summed E-state index contributed by atoms with van der Waals surface area (Å²) in [6.07, 6.45) is 0. The molecule has 4 aromatic rings. The lowest BCUT2D eigenvalue weighted by Gasteiger charge is -2.17. The maximum atomic E-state index is 13.7. The first-order valence-electron chi connectivity index (χ1n) is 9.96. The molecule has 0 fully saturated rings. The Kier molecular flexibility index (Phi) is 6.00. The maximum Gasteiger partial charge on any atom is 0.327 e. The lowest BCUT2D eigenvalue weighted by molar-refractivity contribution is -0.144. The van der Waals surface area contributed by atoms with E-state index in [0.717, 1.165) is 22.7 Å². The van der Waals surface area contributed by atoms with Crippen LogP contribution in [0.15, 0.2) is 58.5 Å². The minimum absolute atomic E-state index is 0.136. The van der Waals surface area contributed by atoms with Crippen LogP contribution in [0.25, 0.3) is 27.6 Å². The van der Waals surface area contributed by atoms with Crippen LogP contribution in [0, 0.1) is 0 Å². The predicted molar refractivity (Wildman–Crippen MR) is 123 cm³/mol. The van der Waals surface area contributed by atoms with Crippen molar-refractivity contribution in [3.8, 4) is 11.4 Å². The van der Waals surface area contributed by atoms with Gasteiger partial charge in [0.2, 0.25) is 0 Å². The van der Waals surface area contributed by atoms with Crippen LogP contribution in [0.5, 0.6) is 5.75 Å². The van der Waals surface area contributed by atoms with Gasteiger partial charge in [0.25, 0.3) is 5.56 Å². The highest BCUT2D eigenvalue weighted by molar-refractivity contribution is 8.01. The van der Waals surface area contributed by atoms with Gasteiger partial charge in [-0.3, -0.25) is 14.4 Å². The van der Waals surface area contributed by atoms with Gasteiger partial charge in [-0.05, 0) is 32.0 Å². The van der Waals surface area contributed by atoms with Crippen molar-refractivity contribution in [3.63, 3.8) is 0 Å². The normalized spacial score (nSPS) is 12.1. The van der Waals surface area contributed by atoms with E-state index in [2.05, 4.69) is 4.98 Å². The molecule has 0 amide bonds. The molecule has 9 heteroatoms. The molecule has 32 heavy (non-hydrogen) atoms. The largest absolute Gasteiger partial charge is 0.495 e. The first-order chi connectivity index (χ1) is 15.5. The molecule has 0 bridgehead atoms. The molecule has 1 unspecified atom stereocenters. The maximum absolute atomic E-state index is 13.7. The van der Waals surface area contributed by atoms with E-state index in [0.29, 0.717) is 22.5 Å². The number of para-hydroxylation sites is 3. The topological polar surface area (TPSA) is 103 Å². The molecule has 2 heterocycles. The van der Waals surface area contributed by atoms with E-state index in [1.165, 1.54) is 18.6 Å². The number of aromatic nitrogens is 3. The Hall–Kier alpha value is -3.59. The minimum atomic E-state index is -1.16. The number of carbonyl (C=O) groups is 2. The molecule has 4 rings (SSSR count). The van der Waals surface area contributed by atoms with E-state index in [4.69, 9.17) is 14.5 Å². The molecule has 164 valence electrons. The number of hydrogen-bond acceptors (Lipinski definition) is 7. The van der Waals surface area contributed by atoms with Crippen LogP contribution in [-0.4, -0.2) is 45.3 Å². The van der Waals surface area contributed by atoms with Gasteiger partial charge in [-0.15, -0.1) is 0 Å². The van der Waals surface area contributed by atoms with Crippen LogP contribution < -0.4 is 10.3 Å². The number of ketones is 1. The number of fused-ring (bicyclic) bond motifs is 3. The number of rotatable bonds is 7. The molecule has 0 aliphatic heterocycles. The van der Waals surface area contributed by atoms with Gasteiger partial charge in [0, 0.05) is 10.9 Å². The number of H-pyrrole nitrogens is 1. The summed E-state index contributed by atoms with van der Waals surface area (Å²) in [5.41, 5.74) is 1.61. The van der Waals surface area contributed by atoms with Crippen molar-refractivity contribution < 1.29 is 19.1 Å². The van der Waals surface area contributed by atoms with E-state index < -0.39 is 17.0 Å². The van der Waals surface area contributed by atoms with Gasteiger partial charge < -0.3 is 14.5 Å². The summed E-state index contributed by atoms with van der Waals surface area (Å²) in [5, 5.41) is -0.209. The van der Waals surface area contributed by atoms with Crippen molar-refractivity contribution in [2.24, 2.45) is 0 Å². The SMILES string of the molecule is CCOC(=O)C(Sc1nc2c([nH]c3ccccc32)c(=O)n1-c1ccccc1OC)C(C)=O. The zero-order valence-corrected chi connectivity index (χ0v) is 18.6. The molecule has 0 aliphatic carbocycles. The second-order valence-corrected chi connectivity index (χ2v) is 8.03. The van der Waals surface area contributed by atoms with Gasteiger partial charge >= 0.3 is 5.97 Å². The third-order valence-corrected chi connectivity index (χ3v) is 6.16. The number of aromatic amines is 1. The van der Waals surface area contributed by atoms with Gasteiger partial charge in [0.1, 0.15) is 16.8 Å². The van der Waals surface area contributed by atoms with Crippen molar-refractivity contribution in [1.29, 1.82) is 0 Å². The van der Waals surface area contributed by atoms with E-state index in [1.54, 1.807) is 31.2 Å². The van der Waals surface area contributed by atoms with E-state index in [9.17, 15) is 14.4 Å². The van der Waals surface area contributed by atoms with E-state index >= 15 is 0 Å². The molecule has 1 atom stereocenters. The zero-order chi connectivity index (χ0) is 22.8. The van der Waals surface area contributed by atoms with Gasteiger partial charge in [-0.1, -0.05) is 42.1 Å². The van der Waals surface area contributed by atoms with Crippen molar-refractivity contribution in [3.05, 3.63) is 58.9 Å². The van der Waals surface area contributed by atoms with Gasteiger partial charge in [0.05, 0.1) is 19.4 Å². The quantitative estimate of drug-likeness (QED) is 0.199. The highest BCUT2D eigenvalue weighted by Crippen LogP contribution is 2.31. The van der Waals surface area contributed by atoms with Crippen LogP contribution in [0.2, 0.25) is 0 Å². The van der Waals surface area contributed by atoms with Crippen LogP contribution in [0.3, 0.4) is 0 Å². The van der Waals surface area contributed by atoms with Crippen molar-refractivity contribution in [2.45, 2.75) is 24.3 Å². The molecule has 0 aliphatic rings. The molecule has 2 aromatic heterocycles. The third-order valence-electron chi connectivity index (χ3n) is 4.91. The summed E-state index contributed by atoms with van der Waals surface area (Å²) in [4.78, 5) is 46.3. The summed E-state index contributed by atoms with van der Waals surface area (Å²) in [7, 11) is 1.50. The number of ether oxygens (including phenoxy) is 2. The molecule has 2 aromatic carbocycles. The second-order valence-electron chi connectivity index (χ2n) is 6.96. The molecule has 8 nitrogen and oxygen atoms in total. The Morgan fingerprint density at radius 1 is 1.16 bits per heavy atom. The summed E-state index contributed by atoms with van der Waals surface area (Å²) in [5.74, 6) is -0.623. The fraction of sp³-hybridized carbons (Fsp3) is 0.217. The Bertz CT molecular complexity index is 1390. The number of hydrogen-bond donors (Lipinski definition) is 1. The Balaban J connectivity index is 2.02. The fourth-order valence-electron chi connectivity index (χ4n) is 3.47. The highest BCUT2D eigenvalue weighted by Gasteiger charge is 2.30. The molecular formula is C23H21N3O5S. The summed E-state index contributed by atoms with van der Waals surface area (Å²) in [6, 6.07) is 14.4. The fourth-order valence-corrected chi connectivity index (χ4v) is 4.44. The summed E-state index contributed by atoms with van der Waals surface area (Å²) in [6.45, 7) is 3.11. The van der Waals surface area contributed by atoms with Crippen molar-refractivity contribution in [2.75, 3.05) is 13.7 Å². The molecule has 0 radical (unpaired) electrons. The van der Waals surface area contributed by atoms with Gasteiger partial charge in [-0.2, -0.15) is 0 Å². The number of carbonyl (C=O) groups excluding carboxylic acids is 2. The predicted octanol–water partition coefficient (Wildman–Crippen LogP) is 3.49. The van der Waals surface area contributed by atoms with Gasteiger partial charge in [0.15, 0.2) is 16.2 Å². The minimum Gasteiger partial charge on any atom is -0.495 e. The average molecular weight is 452 g/mol. The lowest BCUT2D eigenvalue weighted by atomic mass is 10.2. The van der Waals surface area contributed by atoms with E-state index in [-0.39, 0.29) is 17.3 Å². The lowest BCUT2D eigenvalue weighted by Crippen LogP contribution is -2.29. The molecule has 0 spiro atoms. The average Bonchev–Trinajstić information content (AvgIpc) is 3.16. The number of nitrogens with zero attached hydrogens (tertiary/aromatic N) is 2. The number of methoxy groups -OCH3 is 1. The first kappa shape index (κ1) is 21.6. The zero-order valence-electron chi connectivity index (χ0n) is 17.7. The highest BCUT2D eigenvalue weighted by atomic mass is 32.2. The number of thioether (sulfide) groups is 1. The number of nitrogens with one attached hydrogen (secondary N) is 1. The standard InChI is InChI=1S/C23H21N3O5S/c1-4-31-22(29)20(13(2)27)32-23-25-18-14-9-5-6-10-15(14)24-19(18)21(28)26(23)16-11-7-8-12-17(16)30-3/h5-12,20,24H,4H2,1-3H3. The molecular weight excluding hydrogens is 430 g/mol. The van der Waals surface area contributed by atoms with Crippen LogP contribution >= 0.6 is 11.8 Å². The summed E-state index contributed by atoms with van der Waals surface area (Å²) >= 11 is 0.885. The van der Waals surface area contributed by atoms with Crippen LogP contribution in [-0.2, 0) is 14.3 Å². The molecule has 0 saturated heterocycles. The Labute approximate surface area is 187 Å². The van der Waals surface area contributed by atoms with E-state index in [1.807, 2.05) is 24.3 Å². The van der Waals surface area contributed by atoms with Crippen molar-refractivity contribution in [1.82, 2.24) is 14.5 Å². The number of esters is 1. The number of benzene rings is 2. The van der Waals surface area contributed by atoms with Crippen LogP contribution in [0.1, 0.15) is 13.8 Å².